The Morgan fingerprint density at radius 2 is 1.74 bits per heavy atom. The molecule has 0 saturated carbocycles. The first-order valence-electron chi connectivity index (χ1n) is 7.28. The van der Waals surface area contributed by atoms with Gasteiger partial charge in [0.2, 0.25) is 0 Å². The summed E-state index contributed by atoms with van der Waals surface area (Å²) < 4.78 is 10.7. The molecule has 0 radical (unpaired) electrons. The van der Waals surface area contributed by atoms with Crippen LogP contribution in [-0.4, -0.2) is 14.2 Å². The maximum atomic E-state index is 9.68. The topological polar surface area (TPSA) is 66.0 Å². The number of hydrogen-bond acceptors (Lipinski definition) is 4. The van der Waals surface area contributed by atoms with Crippen molar-refractivity contribution in [2.24, 2.45) is 0 Å². The molecule has 23 heavy (non-hydrogen) atoms. The molecule has 0 aromatic heterocycles. The van der Waals surface area contributed by atoms with Crippen LogP contribution < -0.4 is 9.47 Å². The summed E-state index contributed by atoms with van der Waals surface area (Å²) in [6, 6.07) is 19.5. The highest BCUT2D eigenvalue weighted by Gasteiger charge is 2.27. The molecule has 0 bridgehead atoms. The van der Waals surface area contributed by atoms with Crippen molar-refractivity contribution in [2.75, 3.05) is 14.2 Å². The molecule has 0 aliphatic carbocycles. The highest BCUT2D eigenvalue weighted by molar-refractivity contribution is 5.46. The van der Waals surface area contributed by atoms with Gasteiger partial charge in [0.1, 0.15) is 11.5 Å². The van der Waals surface area contributed by atoms with Crippen LogP contribution in [0.2, 0.25) is 0 Å². The summed E-state index contributed by atoms with van der Waals surface area (Å²) >= 11 is 0. The van der Waals surface area contributed by atoms with E-state index in [2.05, 4.69) is 12.1 Å². The number of nitriles is 2. The molecule has 2 aromatic rings. The SMILES string of the molecule is COc1ccc(C(CC#N)C(C#N)c2ccccc2)c(OC)c1. The first kappa shape index (κ1) is 16.4. The molecule has 2 atom stereocenters. The third-order valence-corrected chi connectivity index (χ3v) is 3.85. The molecular weight excluding hydrogens is 288 g/mol. The van der Waals surface area contributed by atoms with Gasteiger partial charge in [-0.05, 0) is 11.6 Å². The number of rotatable bonds is 6. The van der Waals surface area contributed by atoms with E-state index in [1.807, 2.05) is 42.5 Å². The quantitative estimate of drug-likeness (QED) is 0.808. The minimum Gasteiger partial charge on any atom is -0.497 e. The van der Waals surface area contributed by atoms with Crippen molar-refractivity contribution in [3.63, 3.8) is 0 Å². The summed E-state index contributed by atoms with van der Waals surface area (Å²) in [6.07, 6.45) is 0.232. The highest BCUT2D eigenvalue weighted by atomic mass is 16.5. The van der Waals surface area contributed by atoms with Gasteiger partial charge in [-0.15, -0.1) is 0 Å². The smallest absolute Gasteiger partial charge is 0.126 e. The Kier molecular flexibility index (Phi) is 5.61. The molecule has 0 saturated heterocycles. The zero-order chi connectivity index (χ0) is 16.7. The number of ether oxygens (including phenoxy) is 2. The molecule has 0 aliphatic rings. The zero-order valence-corrected chi connectivity index (χ0v) is 13.2. The lowest BCUT2D eigenvalue weighted by atomic mass is 9.80. The Morgan fingerprint density at radius 1 is 1.00 bits per heavy atom. The van der Waals surface area contributed by atoms with E-state index in [4.69, 9.17) is 9.47 Å². The third kappa shape index (κ3) is 3.62. The van der Waals surface area contributed by atoms with E-state index in [0.717, 1.165) is 11.1 Å². The van der Waals surface area contributed by atoms with Crippen LogP contribution in [0.1, 0.15) is 29.4 Å². The Balaban J connectivity index is 2.50. The van der Waals surface area contributed by atoms with E-state index in [0.29, 0.717) is 11.5 Å². The second kappa shape index (κ2) is 7.87. The molecular formula is C19H18N2O2. The lowest BCUT2D eigenvalue weighted by Crippen LogP contribution is -2.11. The predicted molar refractivity (Wildman–Crippen MR) is 87.3 cm³/mol. The van der Waals surface area contributed by atoms with E-state index >= 15 is 0 Å². The van der Waals surface area contributed by atoms with Crippen LogP contribution >= 0.6 is 0 Å². The third-order valence-electron chi connectivity index (χ3n) is 3.85. The van der Waals surface area contributed by atoms with Gasteiger partial charge in [-0.3, -0.25) is 0 Å². The molecule has 0 spiro atoms. The van der Waals surface area contributed by atoms with Gasteiger partial charge in [-0.2, -0.15) is 10.5 Å². The average Bonchev–Trinajstić information content (AvgIpc) is 2.62. The van der Waals surface area contributed by atoms with Crippen molar-refractivity contribution in [1.82, 2.24) is 0 Å². The molecule has 4 nitrogen and oxygen atoms in total. The average molecular weight is 306 g/mol. The molecule has 2 aromatic carbocycles. The zero-order valence-electron chi connectivity index (χ0n) is 13.2. The number of hydrogen-bond donors (Lipinski definition) is 0. The number of nitrogens with zero attached hydrogens (tertiary/aromatic N) is 2. The lowest BCUT2D eigenvalue weighted by Gasteiger charge is -2.22. The monoisotopic (exact) mass is 306 g/mol. The van der Waals surface area contributed by atoms with Crippen LogP contribution in [0.3, 0.4) is 0 Å². The fourth-order valence-corrected chi connectivity index (χ4v) is 2.69. The van der Waals surface area contributed by atoms with Gasteiger partial charge < -0.3 is 9.47 Å². The van der Waals surface area contributed by atoms with Gasteiger partial charge in [0, 0.05) is 24.0 Å². The minimum absolute atomic E-state index is 0.232. The molecule has 0 fully saturated rings. The standard InChI is InChI=1S/C19H18N2O2/c1-22-15-8-9-17(19(12-15)23-2)16(10-11-20)18(13-21)14-6-4-3-5-7-14/h3-9,12,16,18H,10H2,1-2H3. The van der Waals surface area contributed by atoms with E-state index < -0.39 is 5.92 Å². The normalized spacial score (nSPS) is 12.5. The molecule has 2 unspecified atom stereocenters. The Morgan fingerprint density at radius 3 is 2.30 bits per heavy atom. The summed E-state index contributed by atoms with van der Waals surface area (Å²) in [5.74, 6) is 0.613. The molecule has 0 aliphatic heterocycles. The van der Waals surface area contributed by atoms with Crippen LogP contribution in [-0.2, 0) is 0 Å². The van der Waals surface area contributed by atoms with Crippen molar-refractivity contribution in [1.29, 1.82) is 10.5 Å². The summed E-state index contributed by atoms with van der Waals surface area (Å²) in [4.78, 5) is 0. The summed E-state index contributed by atoms with van der Waals surface area (Å²) in [6.45, 7) is 0. The van der Waals surface area contributed by atoms with Crippen molar-refractivity contribution in [3.05, 3.63) is 59.7 Å². The lowest BCUT2D eigenvalue weighted by molar-refractivity contribution is 0.387. The molecule has 0 heterocycles. The highest BCUT2D eigenvalue weighted by Crippen LogP contribution is 2.40. The van der Waals surface area contributed by atoms with Gasteiger partial charge >= 0.3 is 0 Å². The van der Waals surface area contributed by atoms with Crippen molar-refractivity contribution < 1.29 is 9.47 Å². The van der Waals surface area contributed by atoms with E-state index in [9.17, 15) is 10.5 Å². The molecule has 2 rings (SSSR count). The van der Waals surface area contributed by atoms with Gasteiger partial charge in [0.15, 0.2) is 0 Å². The van der Waals surface area contributed by atoms with Crippen LogP contribution in [0.15, 0.2) is 48.5 Å². The van der Waals surface area contributed by atoms with E-state index in [-0.39, 0.29) is 12.3 Å². The summed E-state index contributed by atoms with van der Waals surface area (Å²) in [5.41, 5.74) is 1.73. The molecule has 116 valence electrons. The first-order chi connectivity index (χ1) is 11.2. The van der Waals surface area contributed by atoms with Crippen LogP contribution in [0, 0.1) is 22.7 Å². The molecule has 0 N–H and O–H groups in total. The van der Waals surface area contributed by atoms with Crippen molar-refractivity contribution in [3.8, 4) is 23.6 Å². The second-order valence-corrected chi connectivity index (χ2v) is 5.09. The van der Waals surface area contributed by atoms with Crippen molar-refractivity contribution in [2.45, 2.75) is 18.3 Å². The number of methoxy groups -OCH3 is 2. The fourth-order valence-electron chi connectivity index (χ4n) is 2.69. The Hall–Kier alpha value is -2.98. The summed E-state index contributed by atoms with van der Waals surface area (Å²) in [5, 5.41) is 18.9. The van der Waals surface area contributed by atoms with Crippen LogP contribution in [0.5, 0.6) is 11.5 Å². The maximum Gasteiger partial charge on any atom is 0.126 e. The van der Waals surface area contributed by atoms with Gasteiger partial charge in [0.25, 0.3) is 0 Å². The molecule has 0 amide bonds. The largest absolute Gasteiger partial charge is 0.497 e. The second-order valence-electron chi connectivity index (χ2n) is 5.09. The van der Waals surface area contributed by atoms with Gasteiger partial charge in [-0.1, -0.05) is 36.4 Å². The summed E-state index contributed by atoms with van der Waals surface area (Å²) in [7, 11) is 3.16. The minimum atomic E-state index is -0.418. The predicted octanol–water partition coefficient (Wildman–Crippen LogP) is 4.01. The van der Waals surface area contributed by atoms with E-state index in [1.165, 1.54) is 0 Å². The van der Waals surface area contributed by atoms with E-state index in [1.54, 1.807) is 20.3 Å². The van der Waals surface area contributed by atoms with Gasteiger partial charge in [-0.25, -0.2) is 0 Å². The Labute approximate surface area is 136 Å². The van der Waals surface area contributed by atoms with Crippen molar-refractivity contribution >= 4 is 0 Å². The first-order valence-corrected chi connectivity index (χ1v) is 7.28. The van der Waals surface area contributed by atoms with Crippen LogP contribution in [0.25, 0.3) is 0 Å². The maximum absolute atomic E-state index is 9.68. The fraction of sp³-hybridized carbons (Fsp3) is 0.263. The molecule has 4 heteroatoms. The number of benzene rings is 2. The Bertz CT molecular complexity index is 729. The van der Waals surface area contributed by atoms with Gasteiger partial charge in [0.05, 0.1) is 32.3 Å². The van der Waals surface area contributed by atoms with Crippen LogP contribution in [0.4, 0.5) is 0 Å².